The maximum Gasteiger partial charge on any atom is 0.222 e. The Balaban J connectivity index is 3.87. The number of allylic oxidation sites excluding steroid dienone is 5. The number of carbonyl (C=O) groups excluding carboxylic acids is 1. The number of amides is 1. The summed E-state index contributed by atoms with van der Waals surface area (Å²) in [5, 5.41) is 32.8. The first kappa shape index (κ1) is 38.6. The predicted octanol–water partition coefficient (Wildman–Crippen LogP) is 8.48. The molecule has 4 N–H and O–H groups in total. The number of hydrogen-bond donors (Lipinski definition) is 4. The fourth-order valence-electron chi connectivity index (χ4n) is 4.78. The second kappa shape index (κ2) is 30.5. The van der Waals surface area contributed by atoms with Crippen molar-refractivity contribution < 1.29 is 20.1 Å². The first-order valence-corrected chi connectivity index (χ1v) is 16.8. The van der Waals surface area contributed by atoms with Gasteiger partial charge in [0.15, 0.2) is 0 Å². The van der Waals surface area contributed by atoms with Gasteiger partial charge in [-0.15, -0.1) is 0 Å². The summed E-state index contributed by atoms with van der Waals surface area (Å²) in [4.78, 5) is 12.3. The van der Waals surface area contributed by atoms with Gasteiger partial charge in [-0.2, -0.15) is 0 Å². The third-order valence-electron chi connectivity index (χ3n) is 7.41. The Kier molecular flexibility index (Phi) is 29.4. The minimum atomic E-state index is -0.954. The Hall–Kier alpha value is -1.43. The third-order valence-corrected chi connectivity index (χ3v) is 7.41. The molecule has 0 heterocycles. The lowest BCUT2D eigenvalue weighted by molar-refractivity contribution is -0.124. The Morgan fingerprint density at radius 3 is 1.60 bits per heavy atom. The van der Waals surface area contributed by atoms with Crippen LogP contribution in [0.25, 0.3) is 0 Å². The van der Waals surface area contributed by atoms with Gasteiger partial charge in [0.1, 0.15) is 0 Å². The highest BCUT2D eigenvalue weighted by Crippen LogP contribution is 2.13. The van der Waals surface area contributed by atoms with Gasteiger partial charge >= 0.3 is 0 Å². The van der Waals surface area contributed by atoms with E-state index in [0.717, 1.165) is 38.5 Å². The van der Waals surface area contributed by atoms with Crippen LogP contribution in [0.4, 0.5) is 0 Å². The minimum absolute atomic E-state index is 0.00296. The number of hydrogen-bond acceptors (Lipinski definition) is 4. The zero-order valence-electron chi connectivity index (χ0n) is 26.2. The van der Waals surface area contributed by atoms with E-state index in [4.69, 9.17) is 0 Å². The summed E-state index contributed by atoms with van der Waals surface area (Å²) in [6.07, 6.45) is 35.5. The van der Waals surface area contributed by atoms with E-state index in [9.17, 15) is 20.1 Å². The van der Waals surface area contributed by atoms with Crippen LogP contribution in [0.2, 0.25) is 0 Å². The van der Waals surface area contributed by atoms with E-state index in [1.807, 2.05) is 6.08 Å². The molecule has 5 nitrogen and oxygen atoms in total. The van der Waals surface area contributed by atoms with Crippen molar-refractivity contribution in [2.75, 3.05) is 6.61 Å². The van der Waals surface area contributed by atoms with Crippen molar-refractivity contribution in [2.24, 2.45) is 0 Å². The topological polar surface area (TPSA) is 89.8 Å². The average Bonchev–Trinajstić information content (AvgIpc) is 2.94. The van der Waals surface area contributed by atoms with E-state index in [0.29, 0.717) is 6.42 Å². The first-order chi connectivity index (χ1) is 19.5. The van der Waals surface area contributed by atoms with Gasteiger partial charge in [-0.3, -0.25) is 4.79 Å². The van der Waals surface area contributed by atoms with E-state index in [-0.39, 0.29) is 18.9 Å². The van der Waals surface area contributed by atoms with Gasteiger partial charge in [0.05, 0.1) is 31.3 Å². The molecule has 234 valence electrons. The quantitative estimate of drug-likeness (QED) is 0.0543. The lowest BCUT2D eigenvalue weighted by atomic mass is 10.0. The maximum absolute atomic E-state index is 12.3. The summed E-state index contributed by atoms with van der Waals surface area (Å²) in [5.41, 5.74) is 0. The molecule has 5 heteroatoms. The fourth-order valence-corrected chi connectivity index (χ4v) is 4.78. The van der Waals surface area contributed by atoms with Crippen molar-refractivity contribution in [3.05, 3.63) is 36.5 Å². The second-order valence-corrected chi connectivity index (χ2v) is 11.4. The van der Waals surface area contributed by atoms with Crippen molar-refractivity contribution in [3.8, 4) is 0 Å². The number of unbranched alkanes of at least 4 members (excludes halogenated alkanes) is 16. The molecule has 0 aromatic carbocycles. The van der Waals surface area contributed by atoms with Crippen LogP contribution in [-0.4, -0.2) is 46.1 Å². The largest absolute Gasteiger partial charge is 0.394 e. The van der Waals surface area contributed by atoms with Crippen LogP contribution in [-0.2, 0) is 4.79 Å². The molecule has 0 aromatic heterocycles. The van der Waals surface area contributed by atoms with Gasteiger partial charge in [0, 0.05) is 0 Å². The molecule has 0 saturated carbocycles. The van der Waals surface area contributed by atoms with Gasteiger partial charge < -0.3 is 20.6 Å². The molecule has 0 bridgehead atoms. The molecule has 0 saturated heterocycles. The Labute approximate surface area is 247 Å². The van der Waals surface area contributed by atoms with Crippen LogP contribution in [0.5, 0.6) is 0 Å². The highest BCUT2D eigenvalue weighted by Gasteiger charge is 2.20. The van der Waals surface area contributed by atoms with Crippen LogP contribution in [0.3, 0.4) is 0 Å². The molecule has 0 rings (SSSR count). The molecule has 1 amide bonds. The molecular weight excluding hydrogens is 498 g/mol. The Morgan fingerprint density at radius 2 is 1.07 bits per heavy atom. The predicted molar refractivity (Wildman–Crippen MR) is 171 cm³/mol. The Bertz CT molecular complexity index is 631. The molecule has 0 fully saturated rings. The SMILES string of the molecule is CCCCCCCC/C=C/CC/C=C/CC/C=C/C(O)C(CO)NC(=O)CC(O)CCCCCCCCCCC. The summed E-state index contributed by atoms with van der Waals surface area (Å²) in [7, 11) is 0. The van der Waals surface area contributed by atoms with Crippen molar-refractivity contribution in [1.29, 1.82) is 0 Å². The summed E-state index contributed by atoms with van der Waals surface area (Å²) in [5.74, 6) is -0.334. The lowest BCUT2D eigenvalue weighted by Gasteiger charge is -2.21. The van der Waals surface area contributed by atoms with Crippen molar-refractivity contribution in [1.82, 2.24) is 5.32 Å². The number of aliphatic hydroxyl groups excluding tert-OH is 3. The van der Waals surface area contributed by atoms with Gasteiger partial charge in [-0.25, -0.2) is 0 Å². The standard InChI is InChI=1S/C35H65NO4/c1-3-5-7-9-11-13-14-15-16-17-18-19-21-23-25-27-29-34(39)33(31-37)36-35(40)30-32(38)28-26-24-22-20-12-10-8-6-4-2/h15-16,19,21,27,29,32-34,37-39H,3-14,17-18,20,22-26,28,30-31H2,1-2H3,(H,36,40)/b16-15+,21-19+,29-27+. The van der Waals surface area contributed by atoms with Gasteiger partial charge in [0.2, 0.25) is 5.91 Å². The number of rotatable bonds is 29. The van der Waals surface area contributed by atoms with Crippen LogP contribution in [0.15, 0.2) is 36.5 Å². The minimum Gasteiger partial charge on any atom is -0.394 e. The first-order valence-electron chi connectivity index (χ1n) is 16.8. The number of carbonyl (C=O) groups is 1. The molecule has 0 aliphatic carbocycles. The van der Waals surface area contributed by atoms with E-state index in [2.05, 4.69) is 43.5 Å². The normalized spacial score (nSPS) is 14.4. The molecule has 3 unspecified atom stereocenters. The summed E-state index contributed by atoms with van der Waals surface area (Å²) in [6, 6.07) is -0.762. The monoisotopic (exact) mass is 563 g/mol. The lowest BCUT2D eigenvalue weighted by Crippen LogP contribution is -2.45. The number of aliphatic hydroxyl groups is 3. The highest BCUT2D eigenvalue weighted by molar-refractivity contribution is 5.76. The van der Waals surface area contributed by atoms with E-state index in [1.165, 1.54) is 89.9 Å². The molecule has 3 atom stereocenters. The Morgan fingerprint density at radius 1 is 0.625 bits per heavy atom. The fraction of sp³-hybridized carbons (Fsp3) is 0.800. The smallest absolute Gasteiger partial charge is 0.222 e. The zero-order chi connectivity index (χ0) is 29.5. The zero-order valence-corrected chi connectivity index (χ0v) is 26.2. The van der Waals surface area contributed by atoms with Gasteiger partial charge in [-0.1, -0.05) is 140 Å². The molecule has 0 aliphatic rings. The molecule has 0 radical (unpaired) electrons. The van der Waals surface area contributed by atoms with E-state index in [1.54, 1.807) is 6.08 Å². The van der Waals surface area contributed by atoms with E-state index >= 15 is 0 Å². The second-order valence-electron chi connectivity index (χ2n) is 11.4. The van der Waals surface area contributed by atoms with E-state index < -0.39 is 18.2 Å². The molecular formula is C35H65NO4. The maximum atomic E-state index is 12.3. The summed E-state index contributed by atoms with van der Waals surface area (Å²) < 4.78 is 0. The average molecular weight is 564 g/mol. The molecule has 0 spiro atoms. The van der Waals surface area contributed by atoms with Gasteiger partial charge in [0.25, 0.3) is 0 Å². The van der Waals surface area contributed by atoms with Gasteiger partial charge in [-0.05, 0) is 44.9 Å². The third kappa shape index (κ3) is 26.8. The van der Waals surface area contributed by atoms with Crippen LogP contribution < -0.4 is 5.32 Å². The van der Waals surface area contributed by atoms with Crippen LogP contribution in [0.1, 0.15) is 155 Å². The summed E-state index contributed by atoms with van der Waals surface area (Å²) >= 11 is 0. The number of nitrogens with one attached hydrogen (secondary N) is 1. The molecule has 0 aliphatic heterocycles. The highest BCUT2D eigenvalue weighted by atomic mass is 16.3. The van der Waals surface area contributed by atoms with Crippen LogP contribution in [0, 0.1) is 0 Å². The van der Waals surface area contributed by atoms with Crippen molar-refractivity contribution >= 4 is 5.91 Å². The molecule has 40 heavy (non-hydrogen) atoms. The molecule has 0 aromatic rings. The van der Waals surface area contributed by atoms with Crippen molar-refractivity contribution in [2.45, 2.75) is 173 Å². The van der Waals surface area contributed by atoms with Crippen LogP contribution >= 0.6 is 0 Å². The van der Waals surface area contributed by atoms with Crippen molar-refractivity contribution in [3.63, 3.8) is 0 Å². The summed E-state index contributed by atoms with van der Waals surface area (Å²) in [6.45, 7) is 4.13.